The number of benzene rings is 1. The van der Waals surface area contributed by atoms with E-state index in [9.17, 15) is 19.2 Å². The Bertz CT molecular complexity index is 761. The summed E-state index contributed by atoms with van der Waals surface area (Å²) < 4.78 is 5.51. The molecule has 0 aromatic heterocycles. The molecule has 1 saturated carbocycles. The van der Waals surface area contributed by atoms with Gasteiger partial charge < -0.3 is 15.0 Å². The van der Waals surface area contributed by atoms with Gasteiger partial charge in [0.2, 0.25) is 12.0 Å². The standard InChI is InChI=1S/C21H27N3O5/c1-2-22-21(28)23-19(26)18(14-8-4-3-5-9-14)29-20(27)15-12-17(25)24(13-15)16-10-6-7-11-16/h3-5,8-9,15-16,18H,2,6-7,10-13H2,1H3,(H2,22,23,26,28)/t15-,18-/m0/s1. The van der Waals surface area contributed by atoms with Gasteiger partial charge in [0.15, 0.2) is 0 Å². The van der Waals surface area contributed by atoms with Gasteiger partial charge in [0, 0.05) is 31.1 Å². The normalized spacial score (nSPS) is 20.4. The maximum Gasteiger partial charge on any atom is 0.321 e. The van der Waals surface area contributed by atoms with E-state index < -0.39 is 29.9 Å². The maximum absolute atomic E-state index is 12.8. The zero-order valence-corrected chi connectivity index (χ0v) is 16.6. The summed E-state index contributed by atoms with van der Waals surface area (Å²) in [4.78, 5) is 51.2. The van der Waals surface area contributed by atoms with E-state index >= 15 is 0 Å². The minimum Gasteiger partial charge on any atom is -0.447 e. The fourth-order valence-corrected chi connectivity index (χ4v) is 3.95. The highest BCUT2D eigenvalue weighted by Gasteiger charge is 2.41. The van der Waals surface area contributed by atoms with Crippen LogP contribution in [0.4, 0.5) is 4.79 Å². The Balaban J connectivity index is 1.68. The number of ether oxygens (including phenoxy) is 1. The first-order valence-corrected chi connectivity index (χ1v) is 10.1. The molecule has 0 spiro atoms. The predicted molar refractivity (Wildman–Crippen MR) is 105 cm³/mol. The van der Waals surface area contributed by atoms with E-state index in [2.05, 4.69) is 10.6 Å². The zero-order valence-electron chi connectivity index (χ0n) is 16.6. The lowest BCUT2D eigenvalue weighted by atomic mass is 10.1. The molecule has 1 aromatic carbocycles. The van der Waals surface area contributed by atoms with Crippen molar-refractivity contribution in [3.05, 3.63) is 35.9 Å². The molecule has 2 aliphatic rings. The second kappa shape index (κ2) is 9.54. The van der Waals surface area contributed by atoms with Crippen molar-refractivity contribution in [2.45, 2.75) is 51.2 Å². The zero-order chi connectivity index (χ0) is 20.8. The number of nitrogens with zero attached hydrogens (tertiary/aromatic N) is 1. The number of hydrogen-bond acceptors (Lipinski definition) is 5. The van der Waals surface area contributed by atoms with E-state index in [1.54, 1.807) is 42.2 Å². The molecule has 0 bridgehead atoms. The molecule has 4 amide bonds. The Labute approximate surface area is 170 Å². The average molecular weight is 401 g/mol. The van der Waals surface area contributed by atoms with Crippen molar-refractivity contribution in [2.24, 2.45) is 5.92 Å². The number of nitrogens with one attached hydrogen (secondary N) is 2. The highest BCUT2D eigenvalue weighted by atomic mass is 16.5. The van der Waals surface area contributed by atoms with Gasteiger partial charge >= 0.3 is 12.0 Å². The van der Waals surface area contributed by atoms with Gasteiger partial charge in [-0.25, -0.2) is 4.79 Å². The number of urea groups is 1. The van der Waals surface area contributed by atoms with Gasteiger partial charge in [-0.2, -0.15) is 0 Å². The number of esters is 1. The van der Waals surface area contributed by atoms with Crippen molar-refractivity contribution >= 4 is 23.8 Å². The lowest BCUT2D eigenvalue weighted by Crippen LogP contribution is -2.43. The van der Waals surface area contributed by atoms with E-state index in [1.165, 1.54) is 0 Å². The van der Waals surface area contributed by atoms with Crippen LogP contribution in [0.15, 0.2) is 30.3 Å². The number of imide groups is 1. The average Bonchev–Trinajstić information content (AvgIpc) is 3.36. The fraction of sp³-hybridized carbons (Fsp3) is 0.524. The third-order valence-corrected chi connectivity index (χ3v) is 5.41. The van der Waals surface area contributed by atoms with Crippen LogP contribution >= 0.6 is 0 Å². The first kappa shape index (κ1) is 20.8. The molecule has 1 saturated heterocycles. The lowest BCUT2D eigenvalue weighted by molar-refractivity contribution is -0.159. The molecule has 2 fully saturated rings. The van der Waals surface area contributed by atoms with Gasteiger partial charge in [-0.05, 0) is 19.8 Å². The minimum atomic E-state index is -1.26. The largest absolute Gasteiger partial charge is 0.447 e. The molecule has 1 aliphatic carbocycles. The Morgan fingerprint density at radius 2 is 1.86 bits per heavy atom. The van der Waals surface area contributed by atoms with Crippen molar-refractivity contribution in [2.75, 3.05) is 13.1 Å². The maximum atomic E-state index is 12.8. The van der Waals surface area contributed by atoms with Crippen molar-refractivity contribution in [3.63, 3.8) is 0 Å². The van der Waals surface area contributed by atoms with Gasteiger partial charge in [-0.3, -0.25) is 19.7 Å². The van der Waals surface area contributed by atoms with Crippen molar-refractivity contribution in [3.8, 4) is 0 Å². The van der Waals surface area contributed by atoms with Gasteiger partial charge in [0.25, 0.3) is 5.91 Å². The third-order valence-electron chi connectivity index (χ3n) is 5.41. The number of carbonyl (C=O) groups excluding carboxylic acids is 4. The number of amides is 4. The summed E-state index contributed by atoms with van der Waals surface area (Å²) in [6.45, 7) is 2.41. The van der Waals surface area contributed by atoms with Crippen LogP contribution in [0.3, 0.4) is 0 Å². The second-order valence-electron chi connectivity index (χ2n) is 7.46. The molecule has 1 aliphatic heterocycles. The van der Waals surface area contributed by atoms with E-state index in [0.717, 1.165) is 25.7 Å². The van der Waals surface area contributed by atoms with Crippen LogP contribution in [0.2, 0.25) is 0 Å². The summed E-state index contributed by atoms with van der Waals surface area (Å²) in [5, 5.41) is 4.67. The first-order valence-electron chi connectivity index (χ1n) is 10.1. The van der Waals surface area contributed by atoms with Crippen molar-refractivity contribution < 1.29 is 23.9 Å². The van der Waals surface area contributed by atoms with E-state index in [1.807, 2.05) is 0 Å². The van der Waals surface area contributed by atoms with Crippen molar-refractivity contribution in [1.82, 2.24) is 15.5 Å². The summed E-state index contributed by atoms with van der Waals surface area (Å²) in [5.41, 5.74) is 0.458. The molecular formula is C21H27N3O5. The molecule has 29 heavy (non-hydrogen) atoms. The van der Waals surface area contributed by atoms with Crippen LogP contribution in [0.5, 0.6) is 0 Å². The van der Waals surface area contributed by atoms with Crippen molar-refractivity contribution in [1.29, 1.82) is 0 Å². The molecule has 8 nitrogen and oxygen atoms in total. The van der Waals surface area contributed by atoms with Crippen LogP contribution in [-0.2, 0) is 19.1 Å². The molecule has 156 valence electrons. The summed E-state index contributed by atoms with van der Waals surface area (Å²) >= 11 is 0. The molecule has 0 radical (unpaired) electrons. The Hall–Kier alpha value is -2.90. The Kier molecular flexibility index (Phi) is 6.85. The van der Waals surface area contributed by atoms with Gasteiger partial charge in [-0.1, -0.05) is 43.2 Å². The lowest BCUT2D eigenvalue weighted by Gasteiger charge is -2.24. The summed E-state index contributed by atoms with van der Waals surface area (Å²) in [6.07, 6.45) is 2.96. The predicted octanol–water partition coefficient (Wildman–Crippen LogP) is 1.91. The minimum absolute atomic E-state index is 0.0399. The molecule has 1 heterocycles. The van der Waals surface area contributed by atoms with Crippen LogP contribution < -0.4 is 10.6 Å². The first-order chi connectivity index (χ1) is 14.0. The molecule has 0 unspecified atom stereocenters. The van der Waals surface area contributed by atoms with Crippen LogP contribution in [0.25, 0.3) is 0 Å². The molecule has 2 atom stereocenters. The highest BCUT2D eigenvalue weighted by molar-refractivity contribution is 5.98. The molecular weight excluding hydrogens is 374 g/mol. The monoisotopic (exact) mass is 401 g/mol. The number of hydrogen-bond donors (Lipinski definition) is 2. The molecule has 8 heteroatoms. The summed E-state index contributed by atoms with van der Waals surface area (Å²) in [6, 6.07) is 8.07. The topological polar surface area (TPSA) is 105 Å². The molecule has 3 rings (SSSR count). The van der Waals surface area contributed by atoms with Crippen LogP contribution in [-0.4, -0.2) is 47.8 Å². The molecule has 1 aromatic rings. The van der Waals surface area contributed by atoms with E-state index in [4.69, 9.17) is 4.74 Å². The number of carbonyl (C=O) groups is 4. The quantitative estimate of drug-likeness (QED) is 0.709. The van der Waals surface area contributed by atoms with Gasteiger partial charge in [0.05, 0.1) is 5.92 Å². The smallest absolute Gasteiger partial charge is 0.321 e. The second-order valence-corrected chi connectivity index (χ2v) is 7.46. The fourth-order valence-electron chi connectivity index (χ4n) is 3.95. The highest BCUT2D eigenvalue weighted by Crippen LogP contribution is 2.31. The summed E-state index contributed by atoms with van der Waals surface area (Å²) in [7, 11) is 0. The third kappa shape index (κ3) is 5.13. The van der Waals surface area contributed by atoms with E-state index in [0.29, 0.717) is 18.7 Å². The number of rotatable bonds is 6. The van der Waals surface area contributed by atoms with E-state index in [-0.39, 0.29) is 18.4 Å². The van der Waals surface area contributed by atoms with Crippen LogP contribution in [0.1, 0.15) is 50.7 Å². The van der Waals surface area contributed by atoms with Crippen LogP contribution in [0, 0.1) is 5.92 Å². The SMILES string of the molecule is CCNC(=O)NC(=O)[C@@H](OC(=O)[C@H]1CC(=O)N(C2CCCC2)C1)c1ccccc1. The Morgan fingerprint density at radius 3 is 2.52 bits per heavy atom. The van der Waals surface area contributed by atoms with Gasteiger partial charge in [0.1, 0.15) is 0 Å². The summed E-state index contributed by atoms with van der Waals surface area (Å²) in [5.74, 6) is -1.97. The Morgan fingerprint density at radius 1 is 1.17 bits per heavy atom. The van der Waals surface area contributed by atoms with Gasteiger partial charge in [-0.15, -0.1) is 0 Å². The molecule has 2 N–H and O–H groups in total. The number of likely N-dealkylation sites (tertiary alicyclic amines) is 1.